The lowest BCUT2D eigenvalue weighted by atomic mass is 10.0. The van der Waals surface area contributed by atoms with E-state index >= 15 is 0 Å². The molecule has 3 rings (SSSR count). The number of ether oxygens (including phenoxy) is 2. The molecule has 2 aromatic carbocycles. The lowest BCUT2D eigenvalue weighted by Gasteiger charge is -2.18. The molecule has 0 fully saturated rings. The minimum atomic E-state index is -0.0602. The van der Waals surface area contributed by atoms with Crippen LogP contribution in [0.25, 0.3) is 0 Å². The highest BCUT2D eigenvalue weighted by atomic mass is 16.5. The predicted molar refractivity (Wildman–Crippen MR) is 112 cm³/mol. The number of rotatable bonds is 9. The van der Waals surface area contributed by atoms with Crippen molar-refractivity contribution in [2.45, 2.75) is 45.6 Å². The first-order chi connectivity index (χ1) is 14.0. The summed E-state index contributed by atoms with van der Waals surface area (Å²) in [6.45, 7) is 5.02. The lowest BCUT2D eigenvalue weighted by molar-refractivity contribution is -0.122. The topological polar surface area (TPSA) is 76.7 Å². The van der Waals surface area contributed by atoms with E-state index in [1.165, 1.54) is 0 Å². The quantitative estimate of drug-likeness (QED) is 0.628. The fourth-order valence-electron chi connectivity index (χ4n) is 3.29. The number of anilines is 1. The maximum absolute atomic E-state index is 12.2. The van der Waals surface area contributed by atoms with Crippen molar-refractivity contribution < 1.29 is 19.1 Å². The molecule has 2 amide bonds. The highest BCUT2D eigenvalue weighted by Crippen LogP contribution is 2.27. The molecule has 1 aliphatic rings. The van der Waals surface area contributed by atoms with E-state index in [1.807, 2.05) is 56.3 Å². The molecule has 0 saturated carbocycles. The molecule has 6 nitrogen and oxygen atoms in total. The van der Waals surface area contributed by atoms with Crippen LogP contribution in [0.15, 0.2) is 42.5 Å². The molecule has 0 saturated heterocycles. The predicted octanol–water partition coefficient (Wildman–Crippen LogP) is 4.01. The monoisotopic (exact) mass is 396 g/mol. The van der Waals surface area contributed by atoms with Crippen molar-refractivity contribution in [2.24, 2.45) is 0 Å². The van der Waals surface area contributed by atoms with Gasteiger partial charge in [0.05, 0.1) is 19.3 Å². The normalized spacial score (nSPS) is 13.8. The summed E-state index contributed by atoms with van der Waals surface area (Å²) < 4.78 is 11.2. The molecule has 1 heterocycles. The maximum atomic E-state index is 12.2. The van der Waals surface area contributed by atoms with E-state index in [2.05, 4.69) is 10.6 Å². The Balaban J connectivity index is 1.39. The smallest absolute Gasteiger partial charge is 0.224 e. The van der Waals surface area contributed by atoms with Gasteiger partial charge in [-0.1, -0.05) is 12.1 Å². The molecule has 0 spiro atoms. The van der Waals surface area contributed by atoms with Gasteiger partial charge in [0.2, 0.25) is 11.8 Å². The van der Waals surface area contributed by atoms with Gasteiger partial charge in [-0.25, -0.2) is 0 Å². The molecular formula is C23H28N2O4. The fourth-order valence-corrected chi connectivity index (χ4v) is 3.29. The van der Waals surface area contributed by atoms with Gasteiger partial charge in [-0.2, -0.15) is 0 Å². The number of amides is 2. The van der Waals surface area contributed by atoms with E-state index in [4.69, 9.17) is 9.47 Å². The second kappa shape index (κ2) is 9.96. The third kappa shape index (κ3) is 5.98. The number of benzene rings is 2. The molecule has 2 N–H and O–H groups in total. The number of carbonyl (C=O) groups excluding carboxylic acids is 2. The Kier molecular flexibility index (Phi) is 7.11. The SMILES string of the molecule is CCOc1ccc(C(C)NC(=O)CCCOc2ccc3c(c2)CCC(=O)N3)cc1. The zero-order chi connectivity index (χ0) is 20.6. The number of fused-ring (bicyclic) bond motifs is 1. The Hall–Kier alpha value is -3.02. The fraction of sp³-hybridized carbons (Fsp3) is 0.391. The van der Waals surface area contributed by atoms with E-state index in [0.29, 0.717) is 32.5 Å². The van der Waals surface area contributed by atoms with Gasteiger partial charge >= 0.3 is 0 Å². The summed E-state index contributed by atoms with van der Waals surface area (Å²) in [5.41, 5.74) is 2.99. The molecule has 0 aliphatic carbocycles. The zero-order valence-electron chi connectivity index (χ0n) is 17.0. The summed E-state index contributed by atoms with van der Waals surface area (Å²) in [5.74, 6) is 1.65. The van der Waals surface area contributed by atoms with Crippen LogP contribution < -0.4 is 20.1 Å². The summed E-state index contributed by atoms with van der Waals surface area (Å²) in [5, 5.41) is 5.87. The van der Waals surface area contributed by atoms with Gasteiger partial charge in [-0.15, -0.1) is 0 Å². The highest BCUT2D eigenvalue weighted by molar-refractivity contribution is 5.94. The molecule has 0 radical (unpaired) electrons. The minimum absolute atomic E-state index is 0.00291. The van der Waals surface area contributed by atoms with Crippen LogP contribution in [0.1, 0.15) is 50.3 Å². The first kappa shape index (κ1) is 20.7. The third-order valence-corrected chi connectivity index (χ3v) is 4.86. The Bertz CT molecular complexity index is 848. The van der Waals surface area contributed by atoms with Gasteiger partial charge in [-0.05, 0) is 68.1 Å². The van der Waals surface area contributed by atoms with Crippen LogP contribution in [0.3, 0.4) is 0 Å². The highest BCUT2D eigenvalue weighted by Gasteiger charge is 2.15. The summed E-state index contributed by atoms with van der Waals surface area (Å²) in [6, 6.07) is 13.4. The van der Waals surface area contributed by atoms with Crippen LogP contribution in [-0.2, 0) is 16.0 Å². The number of nitrogens with one attached hydrogen (secondary N) is 2. The van der Waals surface area contributed by atoms with Crippen molar-refractivity contribution in [3.05, 3.63) is 53.6 Å². The average molecular weight is 396 g/mol. The molecule has 1 atom stereocenters. The van der Waals surface area contributed by atoms with Gasteiger partial charge in [0.15, 0.2) is 0 Å². The Morgan fingerprint density at radius 2 is 1.86 bits per heavy atom. The van der Waals surface area contributed by atoms with E-state index in [9.17, 15) is 9.59 Å². The largest absolute Gasteiger partial charge is 0.494 e. The van der Waals surface area contributed by atoms with E-state index in [-0.39, 0.29) is 17.9 Å². The first-order valence-corrected chi connectivity index (χ1v) is 10.1. The summed E-state index contributed by atoms with van der Waals surface area (Å²) in [7, 11) is 0. The molecule has 0 aromatic heterocycles. The molecular weight excluding hydrogens is 368 g/mol. The van der Waals surface area contributed by atoms with E-state index < -0.39 is 0 Å². The first-order valence-electron chi connectivity index (χ1n) is 10.1. The average Bonchev–Trinajstić information content (AvgIpc) is 2.72. The second-order valence-electron chi connectivity index (χ2n) is 7.11. The summed E-state index contributed by atoms with van der Waals surface area (Å²) in [4.78, 5) is 23.6. The maximum Gasteiger partial charge on any atom is 0.224 e. The van der Waals surface area contributed by atoms with Crippen LogP contribution >= 0.6 is 0 Å². The number of hydrogen-bond donors (Lipinski definition) is 2. The van der Waals surface area contributed by atoms with E-state index in [1.54, 1.807) is 0 Å². The van der Waals surface area contributed by atoms with Gasteiger partial charge in [0, 0.05) is 18.5 Å². The zero-order valence-corrected chi connectivity index (χ0v) is 17.0. The third-order valence-electron chi connectivity index (χ3n) is 4.86. The van der Waals surface area contributed by atoms with Crippen LogP contribution in [-0.4, -0.2) is 25.0 Å². The van der Waals surface area contributed by atoms with E-state index in [0.717, 1.165) is 34.7 Å². The molecule has 6 heteroatoms. The van der Waals surface area contributed by atoms with Crippen molar-refractivity contribution in [1.29, 1.82) is 0 Å². The summed E-state index contributed by atoms with van der Waals surface area (Å²) >= 11 is 0. The molecule has 2 aromatic rings. The standard InChI is InChI=1S/C23H28N2O4/c1-3-28-19-9-6-17(7-10-19)16(2)24-22(26)5-4-14-29-20-11-12-21-18(15-20)8-13-23(27)25-21/h6-7,9-12,15-16H,3-5,8,13-14H2,1-2H3,(H,24,26)(H,25,27). The Morgan fingerprint density at radius 3 is 2.62 bits per heavy atom. The van der Waals surface area contributed by atoms with Gasteiger partial charge in [0.1, 0.15) is 11.5 Å². The number of hydrogen-bond acceptors (Lipinski definition) is 4. The number of carbonyl (C=O) groups is 2. The second-order valence-corrected chi connectivity index (χ2v) is 7.11. The van der Waals surface area contributed by atoms with Crippen molar-refractivity contribution in [3.8, 4) is 11.5 Å². The van der Waals surface area contributed by atoms with Gasteiger partial charge in [0.25, 0.3) is 0 Å². The molecule has 1 unspecified atom stereocenters. The van der Waals surface area contributed by atoms with Crippen molar-refractivity contribution in [2.75, 3.05) is 18.5 Å². The Labute approximate surface area is 171 Å². The molecule has 0 bridgehead atoms. The number of aryl methyl sites for hydroxylation is 1. The minimum Gasteiger partial charge on any atom is -0.494 e. The Morgan fingerprint density at radius 1 is 1.10 bits per heavy atom. The van der Waals surface area contributed by atoms with Gasteiger partial charge < -0.3 is 20.1 Å². The van der Waals surface area contributed by atoms with Crippen molar-refractivity contribution in [3.63, 3.8) is 0 Å². The lowest BCUT2D eigenvalue weighted by Crippen LogP contribution is -2.26. The van der Waals surface area contributed by atoms with Crippen molar-refractivity contribution >= 4 is 17.5 Å². The van der Waals surface area contributed by atoms with Crippen LogP contribution in [0.5, 0.6) is 11.5 Å². The molecule has 154 valence electrons. The van der Waals surface area contributed by atoms with Crippen LogP contribution in [0, 0.1) is 0 Å². The summed E-state index contributed by atoms with van der Waals surface area (Å²) in [6.07, 6.45) is 2.27. The van der Waals surface area contributed by atoms with Gasteiger partial charge in [-0.3, -0.25) is 9.59 Å². The van der Waals surface area contributed by atoms with Crippen LogP contribution in [0.2, 0.25) is 0 Å². The molecule has 1 aliphatic heterocycles. The molecule has 29 heavy (non-hydrogen) atoms. The van der Waals surface area contributed by atoms with Crippen LogP contribution in [0.4, 0.5) is 5.69 Å². The van der Waals surface area contributed by atoms with Crippen molar-refractivity contribution in [1.82, 2.24) is 5.32 Å².